The maximum atomic E-state index is 11.2. The molecule has 168 valence electrons. The third-order valence-corrected chi connectivity index (χ3v) is 5.37. The normalized spacial score (nSPS) is 11.7. The van der Waals surface area contributed by atoms with Gasteiger partial charge in [0.1, 0.15) is 11.5 Å². The fraction of sp³-hybridized carbons (Fsp3) is 0.269. The van der Waals surface area contributed by atoms with Crippen LogP contribution in [-0.4, -0.2) is 37.0 Å². The van der Waals surface area contributed by atoms with E-state index in [1.807, 2.05) is 48.5 Å². The van der Waals surface area contributed by atoms with E-state index in [4.69, 9.17) is 14.2 Å². The zero-order chi connectivity index (χ0) is 22.8. The molecule has 3 rings (SSSR count). The highest BCUT2D eigenvalue weighted by Crippen LogP contribution is 2.24. The fourth-order valence-electron chi connectivity index (χ4n) is 3.18. The highest BCUT2D eigenvalue weighted by molar-refractivity contribution is 9.10. The molecule has 0 amide bonds. The Balaban J connectivity index is 1.38. The maximum absolute atomic E-state index is 11.2. The third-order valence-electron chi connectivity index (χ3n) is 4.85. The van der Waals surface area contributed by atoms with Crippen LogP contribution in [-0.2, 0) is 16.0 Å². The Labute approximate surface area is 197 Å². The first-order chi connectivity index (χ1) is 15.5. The number of halogens is 1. The smallest absolute Gasteiger partial charge is 0.333 e. The molecule has 1 unspecified atom stereocenters. The summed E-state index contributed by atoms with van der Waals surface area (Å²) in [5.41, 5.74) is 3.20. The molecule has 0 aromatic heterocycles. The highest BCUT2D eigenvalue weighted by atomic mass is 79.9. The van der Waals surface area contributed by atoms with Crippen LogP contribution in [0.5, 0.6) is 11.5 Å². The summed E-state index contributed by atoms with van der Waals surface area (Å²) in [5.74, 6) is 0.628. The van der Waals surface area contributed by atoms with Gasteiger partial charge in [-0.15, -0.1) is 0 Å². The second-order valence-corrected chi connectivity index (χ2v) is 8.13. The zero-order valence-corrected chi connectivity index (χ0v) is 19.6. The van der Waals surface area contributed by atoms with Crippen molar-refractivity contribution in [3.63, 3.8) is 0 Å². The Kier molecular flexibility index (Phi) is 9.13. The van der Waals surface area contributed by atoms with Crippen LogP contribution in [0.2, 0.25) is 0 Å². The fourth-order valence-corrected chi connectivity index (χ4v) is 3.44. The second kappa shape index (κ2) is 12.3. The summed E-state index contributed by atoms with van der Waals surface area (Å²) < 4.78 is 17.9. The molecule has 1 atom stereocenters. The number of hydrogen-bond donors (Lipinski definition) is 1. The largest absolute Gasteiger partial charge is 0.493 e. The molecule has 0 spiro atoms. The first-order valence-corrected chi connectivity index (χ1v) is 11.4. The molecule has 0 radical (unpaired) electrons. The van der Waals surface area contributed by atoms with Gasteiger partial charge in [0.05, 0.1) is 13.2 Å². The van der Waals surface area contributed by atoms with Crippen LogP contribution in [0.15, 0.2) is 77.3 Å². The molecular weight excluding hydrogens is 472 g/mol. The minimum atomic E-state index is -0.949. The monoisotopic (exact) mass is 498 g/mol. The minimum Gasteiger partial charge on any atom is -0.493 e. The van der Waals surface area contributed by atoms with Gasteiger partial charge in [-0.1, -0.05) is 52.3 Å². The summed E-state index contributed by atoms with van der Waals surface area (Å²) in [6.45, 7) is 3.25. The molecule has 5 nitrogen and oxygen atoms in total. The Morgan fingerprint density at radius 2 is 1.34 bits per heavy atom. The number of carboxylic acid groups (broad SMARTS) is 1. The Hall–Kier alpha value is -2.83. The number of aliphatic carboxylic acids is 1. The van der Waals surface area contributed by atoms with Crippen LogP contribution in [0.1, 0.15) is 18.9 Å². The number of benzene rings is 3. The lowest BCUT2D eigenvalue weighted by Gasteiger charge is -2.13. The summed E-state index contributed by atoms with van der Waals surface area (Å²) in [6, 6.07) is 23.7. The van der Waals surface area contributed by atoms with Gasteiger partial charge in [0, 0.05) is 23.9 Å². The van der Waals surface area contributed by atoms with E-state index in [9.17, 15) is 9.90 Å². The van der Waals surface area contributed by atoms with E-state index >= 15 is 0 Å². The molecule has 0 fully saturated rings. The molecule has 0 saturated carbocycles. The summed E-state index contributed by atoms with van der Waals surface area (Å²) in [7, 11) is 0. The highest BCUT2D eigenvalue weighted by Gasteiger charge is 2.17. The number of hydrogen-bond acceptors (Lipinski definition) is 4. The van der Waals surface area contributed by atoms with Gasteiger partial charge in [0.2, 0.25) is 0 Å². The predicted molar refractivity (Wildman–Crippen MR) is 128 cm³/mol. The summed E-state index contributed by atoms with van der Waals surface area (Å²) in [4.78, 5) is 11.2. The van der Waals surface area contributed by atoms with Gasteiger partial charge < -0.3 is 19.3 Å². The molecule has 0 aliphatic rings. The lowest BCUT2D eigenvalue weighted by atomic mass is 10.1. The van der Waals surface area contributed by atoms with Gasteiger partial charge in [-0.2, -0.15) is 0 Å². The molecule has 0 heterocycles. The van der Waals surface area contributed by atoms with E-state index in [0.29, 0.717) is 26.2 Å². The van der Waals surface area contributed by atoms with Crippen LogP contribution in [0.4, 0.5) is 0 Å². The van der Waals surface area contributed by atoms with E-state index in [1.54, 1.807) is 6.92 Å². The molecule has 3 aromatic carbocycles. The molecule has 0 aliphatic carbocycles. The standard InChI is InChI=1S/C26H27BrO5/c1-2-30-25(26(28)29)18-19-4-12-23(13-5-19)31-16-3-17-32-24-14-8-21(9-15-24)20-6-10-22(27)11-7-20/h4-15,25H,2-3,16-18H2,1H3,(H,28,29). The van der Waals surface area contributed by atoms with Crippen molar-refractivity contribution in [2.24, 2.45) is 0 Å². The molecule has 0 saturated heterocycles. The van der Waals surface area contributed by atoms with E-state index in [1.165, 1.54) is 0 Å². The van der Waals surface area contributed by atoms with Crippen molar-refractivity contribution in [2.75, 3.05) is 19.8 Å². The quantitative estimate of drug-likeness (QED) is 0.310. The summed E-state index contributed by atoms with van der Waals surface area (Å²) in [6.07, 6.45) is 0.257. The SMILES string of the molecule is CCOC(Cc1ccc(OCCCOc2ccc(-c3ccc(Br)cc3)cc2)cc1)C(=O)O. The molecule has 3 aromatic rings. The lowest BCUT2D eigenvalue weighted by molar-refractivity contribution is -0.149. The molecule has 1 N–H and O–H groups in total. The first-order valence-electron chi connectivity index (χ1n) is 10.6. The number of rotatable bonds is 12. The first kappa shape index (κ1) is 23.8. The van der Waals surface area contributed by atoms with Crippen LogP contribution in [0.25, 0.3) is 11.1 Å². The van der Waals surface area contributed by atoms with Gasteiger partial charge in [0.25, 0.3) is 0 Å². The van der Waals surface area contributed by atoms with Gasteiger partial charge in [0.15, 0.2) is 6.10 Å². The van der Waals surface area contributed by atoms with Crippen LogP contribution in [0, 0.1) is 0 Å². The van der Waals surface area contributed by atoms with E-state index in [2.05, 4.69) is 40.2 Å². The van der Waals surface area contributed by atoms with Gasteiger partial charge in [-0.3, -0.25) is 0 Å². The summed E-state index contributed by atoms with van der Waals surface area (Å²) >= 11 is 3.45. The predicted octanol–water partition coefficient (Wildman–Crippen LogP) is 6.00. The number of ether oxygens (including phenoxy) is 3. The van der Waals surface area contributed by atoms with Crippen LogP contribution in [0.3, 0.4) is 0 Å². The topological polar surface area (TPSA) is 65.0 Å². The molecule has 32 heavy (non-hydrogen) atoms. The third kappa shape index (κ3) is 7.39. The van der Waals surface area contributed by atoms with Crippen molar-refractivity contribution >= 4 is 21.9 Å². The van der Waals surface area contributed by atoms with E-state index < -0.39 is 12.1 Å². The average Bonchev–Trinajstić information content (AvgIpc) is 2.80. The Bertz CT molecular complexity index is 969. The van der Waals surface area contributed by atoms with Gasteiger partial charge >= 0.3 is 5.97 Å². The molecule has 0 bridgehead atoms. The number of carboxylic acids is 1. The van der Waals surface area contributed by atoms with Crippen molar-refractivity contribution < 1.29 is 24.1 Å². The molecule has 6 heteroatoms. The molecule has 0 aliphatic heterocycles. The molecular formula is C26H27BrO5. The minimum absolute atomic E-state index is 0.331. The Morgan fingerprint density at radius 1 is 0.844 bits per heavy atom. The lowest BCUT2D eigenvalue weighted by Crippen LogP contribution is -2.26. The number of carbonyl (C=O) groups is 1. The van der Waals surface area contributed by atoms with Crippen LogP contribution < -0.4 is 9.47 Å². The second-order valence-electron chi connectivity index (χ2n) is 7.21. The Morgan fingerprint density at radius 3 is 1.84 bits per heavy atom. The van der Waals surface area contributed by atoms with E-state index in [-0.39, 0.29) is 0 Å². The van der Waals surface area contributed by atoms with Crippen molar-refractivity contribution in [1.82, 2.24) is 0 Å². The maximum Gasteiger partial charge on any atom is 0.333 e. The van der Waals surface area contributed by atoms with Crippen molar-refractivity contribution in [1.29, 1.82) is 0 Å². The van der Waals surface area contributed by atoms with Gasteiger partial charge in [-0.05, 0) is 60.0 Å². The summed E-state index contributed by atoms with van der Waals surface area (Å²) in [5, 5.41) is 9.18. The van der Waals surface area contributed by atoms with E-state index in [0.717, 1.165) is 39.1 Å². The van der Waals surface area contributed by atoms with Gasteiger partial charge in [-0.25, -0.2) is 4.79 Å². The van der Waals surface area contributed by atoms with Crippen molar-refractivity contribution in [3.05, 3.63) is 82.8 Å². The zero-order valence-electron chi connectivity index (χ0n) is 18.0. The average molecular weight is 499 g/mol. The van der Waals surface area contributed by atoms with Crippen molar-refractivity contribution in [2.45, 2.75) is 25.9 Å². The van der Waals surface area contributed by atoms with Crippen LogP contribution >= 0.6 is 15.9 Å². The van der Waals surface area contributed by atoms with Crippen molar-refractivity contribution in [3.8, 4) is 22.6 Å².